The molecule has 0 spiro atoms. The van der Waals surface area contributed by atoms with Crippen molar-refractivity contribution in [2.24, 2.45) is 0 Å². The largest absolute Gasteiger partial charge is 0.476 e. The molecule has 1 fully saturated rings. The van der Waals surface area contributed by atoms with Gasteiger partial charge in [-0.05, 0) is 13.8 Å². The van der Waals surface area contributed by atoms with Crippen LogP contribution in [0.3, 0.4) is 0 Å². The number of nitro groups is 1. The van der Waals surface area contributed by atoms with E-state index in [2.05, 4.69) is 15.3 Å². The summed E-state index contributed by atoms with van der Waals surface area (Å²) in [6.45, 7) is 6.13. The molecule has 0 atom stereocenters. The molecule has 2 heterocycles. The Morgan fingerprint density at radius 1 is 1.53 bits per heavy atom. The van der Waals surface area contributed by atoms with Gasteiger partial charge in [-0.15, -0.1) is 0 Å². The monoisotopic (exact) mass is 267 g/mol. The number of rotatable bonds is 3. The van der Waals surface area contributed by atoms with Gasteiger partial charge in [-0.1, -0.05) is 0 Å². The van der Waals surface area contributed by atoms with Crippen LogP contribution in [0.25, 0.3) is 0 Å². The first-order chi connectivity index (χ1) is 8.94. The topological polar surface area (TPSA) is 93.4 Å². The maximum absolute atomic E-state index is 11.2. The number of piperazine rings is 1. The standard InChI is InChI=1S/C11H17N5O3/c1-11(2)6-15(5-4-14-11)9-8(16(17)18)10(19-3)13-7-12-9/h7,14H,4-6H2,1-3H3. The average molecular weight is 267 g/mol. The van der Waals surface area contributed by atoms with Gasteiger partial charge in [0.05, 0.1) is 12.0 Å². The van der Waals surface area contributed by atoms with Gasteiger partial charge >= 0.3 is 5.69 Å². The summed E-state index contributed by atoms with van der Waals surface area (Å²) in [5.41, 5.74) is -0.299. The molecule has 1 aromatic heterocycles. The molecular weight excluding hydrogens is 250 g/mol. The fourth-order valence-electron chi connectivity index (χ4n) is 2.22. The lowest BCUT2D eigenvalue weighted by Gasteiger charge is -2.39. The van der Waals surface area contributed by atoms with Crippen LogP contribution in [0.4, 0.5) is 11.5 Å². The lowest BCUT2D eigenvalue weighted by atomic mass is 10.0. The molecule has 0 unspecified atom stereocenters. The molecular formula is C11H17N5O3. The zero-order valence-corrected chi connectivity index (χ0v) is 11.2. The average Bonchev–Trinajstić information content (AvgIpc) is 2.36. The lowest BCUT2D eigenvalue weighted by Crippen LogP contribution is -2.57. The molecule has 2 rings (SSSR count). The van der Waals surface area contributed by atoms with Crippen molar-refractivity contribution in [2.75, 3.05) is 31.6 Å². The summed E-state index contributed by atoms with van der Waals surface area (Å²) in [6, 6.07) is 0. The van der Waals surface area contributed by atoms with Gasteiger partial charge < -0.3 is 15.0 Å². The zero-order valence-electron chi connectivity index (χ0n) is 11.2. The summed E-state index contributed by atoms with van der Waals surface area (Å²) in [5, 5.41) is 14.6. The molecule has 8 nitrogen and oxygen atoms in total. The van der Waals surface area contributed by atoms with Crippen molar-refractivity contribution >= 4 is 11.5 Å². The van der Waals surface area contributed by atoms with E-state index in [0.717, 1.165) is 6.54 Å². The van der Waals surface area contributed by atoms with E-state index < -0.39 is 4.92 Å². The molecule has 8 heteroatoms. The van der Waals surface area contributed by atoms with Crippen molar-refractivity contribution in [3.8, 4) is 5.88 Å². The fourth-order valence-corrected chi connectivity index (χ4v) is 2.22. The van der Waals surface area contributed by atoms with Gasteiger partial charge in [0.2, 0.25) is 5.82 Å². The van der Waals surface area contributed by atoms with E-state index in [1.54, 1.807) is 0 Å². The summed E-state index contributed by atoms with van der Waals surface area (Å²) in [7, 11) is 1.36. The molecule has 0 radical (unpaired) electrons. The van der Waals surface area contributed by atoms with Gasteiger partial charge in [0.15, 0.2) is 0 Å². The molecule has 1 aliphatic heterocycles. The van der Waals surface area contributed by atoms with Crippen LogP contribution in [-0.2, 0) is 0 Å². The first-order valence-corrected chi connectivity index (χ1v) is 5.98. The minimum absolute atomic E-state index is 0.00802. The molecule has 104 valence electrons. The molecule has 0 bridgehead atoms. The molecule has 1 aromatic rings. The number of hydrogen-bond donors (Lipinski definition) is 1. The first kappa shape index (κ1) is 13.5. The SMILES string of the molecule is COc1ncnc(N2CCNC(C)(C)C2)c1[N+](=O)[O-]. The zero-order chi connectivity index (χ0) is 14.0. The van der Waals surface area contributed by atoms with Crippen LogP contribution >= 0.6 is 0 Å². The predicted molar refractivity (Wildman–Crippen MR) is 69.5 cm³/mol. The summed E-state index contributed by atoms with van der Waals surface area (Å²) < 4.78 is 4.96. The van der Waals surface area contributed by atoms with E-state index in [1.807, 2.05) is 18.7 Å². The minimum atomic E-state index is -0.497. The highest BCUT2D eigenvalue weighted by molar-refractivity contribution is 5.63. The second-order valence-electron chi connectivity index (χ2n) is 5.04. The third-order valence-corrected chi connectivity index (χ3v) is 3.02. The van der Waals surface area contributed by atoms with Crippen molar-refractivity contribution in [1.82, 2.24) is 15.3 Å². The summed E-state index contributed by atoms with van der Waals surface area (Å²) in [4.78, 5) is 20.5. The van der Waals surface area contributed by atoms with E-state index in [1.165, 1.54) is 13.4 Å². The Kier molecular flexibility index (Phi) is 3.52. The third kappa shape index (κ3) is 2.73. The molecule has 1 N–H and O–H groups in total. The van der Waals surface area contributed by atoms with Crippen LogP contribution in [0, 0.1) is 10.1 Å². The van der Waals surface area contributed by atoms with E-state index >= 15 is 0 Å². The maximum atomic E-state index is 11.2. The maximum Gasteiger partial charge on any atom is 0.372 e. The van der Waals surface area contributed by atoms with Crippen molar-refractivity contribution in [1.29, 1.82) is 0 Å². The van der Waals surface area contributed by atoms with Crippen LogP contribution in [-0.4, -0.2) is 47.2 Å². The van der Waals surface area contributed by atoms with Crippen LogP contribution in [0.1, 0.15) is 13.8 Å². The van der Waals surface area contributed by atoms with E-state index in [9.17, 15) is 10.1 Å². The first-order valence-electron chi connectivity index (χ1n) is 5.98. The van der Waals surface area contributed by atoms with Crippen LogP contribution in [0.2, 0.25) is 0 Å². The van der Waals surface area contributed by atoms with Crippen LogP contribution in [0.5, 0.6) is 5.88 Å². The van der Waals surface area contributed by atoms with Crippen molar-refractivity contribution in [3.05, 3.63) is 16.4 Å². The molecule has 0 amide bonds. The Balaban J connectivity index is 2.41. The number of nitrogens with one attached hydrogen (secondary N) is 1. The smallest absolute Gasteiger partial charge is 0.372 e. The third-order valence-electron chi connectivity index (χ3n) is 3.02. The van der Waals surface area contributed by atoms with E-state index in [0.29, 0.717) is 18.9 Å². The Hall–Kier alpha value is -1.96. The highest BCUT2D eigenvalue weighted by Crippen LogP contribution is 2.34. The predicted octanol–water partition coefficient (Wildman–Crippen LogP) is 0.582. The molecule has 19 heavy (non-hydrogen) atoms. The molecule has 1 aliphatic rings. The van der Waals surface area contributed by atoms with Gasteiger partial charge in [0.1, 0.15) is 6.33 Å². The highest BCUT2D eigenvalue weighted by atomic mass is 16.6. The highest BCUT2D eigenvalue weighted by Gasteiger charge is 2.33. The molecule has 1 saturated heterocycles. The Bertz CT molecular complexity index is 491. The van der Waals surface area contributed by atoms with Gasteiger partial charge in [-0.3, -0.25) is 10.1 Å². The summed E-state index contributed by atoms with van der Waals surface area (Å²) in [6.07, 6.45) is 1.29. The van der Waals surface area contributed by atoms with Crippen LogP contribution < -0.4 is 15.0 Å². The number of aromatic nitrogens is 2. The Morgan fingerprint density at radius 3 is 2.84 bits per heavy atom. The second-order valence-corrected chi connectivity index (χ2v) is 5.04. The normalized spacial score (nSPS) is 18.2. The van der Waals surface area contributed by atoms with Crippen molar-refractivity contribution in [3.63, 3.8) is 0 Å². The minimum Gasteiger partial charge on any atom is -0.476 e. The molecule has 0 aromatic carbocycles. The number of nitrogens with zero attached hydrogens (tertiary/aromatic N) is 4. The lowest BCUT2D eigenvalue weighted by molar-refractivity contribution is -0.385. The molecule has 0 saturated carbocycles. The van der Waals surface area contributed by atoms with Gasteiger partial charge in [0.25, 0.3) is 5.88 Å². The quantitative estimate of drug-likeness (QED) is 0.632. The Morgan fingerprint density at radius 2 is 2.26 bits per heavy atom. The van der Waals surface area contributed by atoms with Gasteiger partial charge in [0, 0.05) is 25.2 Å². The van der Waals surface area contributed by atoms with E-state index in [4.69, 9.17) is 4.74 Å². The van der Waals surface area contributed by atoms with E-state index in [-0.39, 0.29) is 17.1 Å². The Labute approximate surface area is 110 Å². The van der Waals surface area contributed by atoms with Crippen molar-refractivity contribution in [2.45, 2.75) is 19.4 Å². The molecule has 0 aliphatic carbocycles. The van der Waals surface area contributed by atoms with Crippen molar-refractivity contribution < 1.29 is 9.66 Å². The number of hydrogen-bond acceptors (Lipinski definition) is 7. The number of methoxy groups -OCH3 is 1. The van der Waals surface area contributed by atoms with Gasteiger partial charge in [-0.2, -0.15) is 4.98 Å². The second kappa shape index (κ2) is 4.96. The van der Waals surface area contributed by atoms with Crippen LogP contribution in [0.15, 0.2) is 6.33 Å². The number of anilines is 1. The summed E-state index contributed by atoms with van der Waals surface area (Å²) in [5.74, 6) is 0.303. The number of ether oxygens (including phenoxy) is 1. The fraction of sp³-hybridized carbons (Fsp3) is 0.636. The summed E-state index contributed by atoms with van der Waals surface area (Å²) >= 11 is 0. The van der Waals surface area contributed by atoms with Gasteiger partial charge in [-0.25, -0.2) is 4.98 Å².